The monoisotopic (exact) mass is 205 g/mol. The SMILES string of the molecule is CC1CCN(COc2ccccc2)CC1. The highest BCUT2D eigenvalue weighted by atomic mass is 16.5. The Hall–Kier alpha value is -1.02. The predicted molar refractivity (Wildman–Crippen MR) is 61.9 cm³/mol. The second-order valence-corrected chi connectivity index (χ2v) is 4.39. The highest BCUT2D eigenvalue weighted by Gasteiger charge is 2.15. The lowest BCUT2D eigenvalue weighted by Gasteiger charge is -2.29. The molecule has 1 aliphatic heterocycles. The molecule has 15 heavy (non-hydrogen) atoms. The minimum atomic E-state index is 0.733. The normalized spacial score (nSPS) is 19.0. The van der Waals surface area contributed by atoms with Crippen LogP contribution in [0.3, 0.4) is 0 Å². The first kappa shape index (κ1) is 10.5. The number of ether oxygens (including phenoxy) is 1. The van der Waals surface area contributed by atoms with Crippen molar-refractivity contribution < 1.29 is 4.74 Å². The molecule has 2 rings (SSSR count). The average molecular weight is 205 g/mol. The molecule has 0 saturated carbocycles. The zero-order valence-electron chi connectivity index (χ0n) is 9.36. The van der Waals surface area contributed by atoms with Crippen molar-refractivity contribution in [2.24, 2.45) is 5.92 Å². The molecule has 1 aliphatic rings. The van der Waals surface area contributed by atoms with Crippen molar-refractivity contribution >= 4 is 0 Å². The first-order chi connectivity index (χ1) is 7.34. The molecule has 0 aliphatic carbocycles. The van der Waals surface area contributed by atoms with Crippen LogP contribution < -0.4 is 4.74 Å². The van der Waals surface area contributed by atoms with Crippen molar-refractivity contribution in [2.75, 3.05) is 19.8 Å². The number of likely N-dealkylation sites (tertiary alicyclic amines) is 1. The van der Waals surface area contributed by atoms with Gasteiger partial charge in [0, 0.05) is 13.1 Å². The molecule has 2 heteroatoms. The standard InChI is InChI=1S/C13H19NO/c1-12-7-9-14(10-8-12)11-15-13-5-3-2-4-6-13/h2-6,12H,7-11H2,1H3. The molecule has 82 valence electrons. The van der Waals surface area contributed by atoms with Crippen LogP contribution in [0.1, 0.15) is 19.8 Å². The van der Waals surface area contributed by atoms with E-state index in [4.69, 9.17) is 4.74 Å². The van der Waals surface area contributed by atoms with Gasteiger partial charge >= 0.3 is 0 Å². The van der Waals surface area contributed by atoms with Crippen LogP contribution in [-0.4, -0.2) is 24.7 Å². The molecule has 0 aromatic heterocycles. The first-order valence-corrected chi connectivity index (χ1v) is 5.75. The van der Waals surface area contributed by atoms with Crippen LogP contribution in [0.15, 0.2) is 30.3 Å². The summed E-state index contributed by atoms with van der Waals surface area (Å²) in [5.74, 6) is 1.86. The summed E-state index contributed by atoms with van der Waals surface area (Å²) in [5, 5.41) is 0. The Balaban J connectivity index is 1.74. The first-order valence-electron chi connectivity index (χ1n) is 5.75. The second kappa shape index (κ2) is 5.17. The second-order valence-electron chi connectivity index (χ2n) is 4.39. The van der Waals surface area contributed by atoms with E-state index < -0.39 is 0 Å². The fraction of sp³-hybridized carbons (Fsp3) is 0.538. The summed E-state index contributed by atoms with van der Waals surface area (Å²) in [4.78, 5) is 2.38. The largest absolute Gasteiger partial charge is 0.478 e. The van der Waals surface area contributed by atoms with Gasteiger partial charge in [0.05, 0.1) is 0 Å². The maximum absolute atomic E-state index is 5.71. The molecule has 1 aromatic rings. The zero-order chi connectivity index (χ0) is 10.5. The van der Waals surface area contributed by atoms with Gasteiger partial charge in [-0.1, -0.05) is 25.1 Å². The Morgan fingerprint density at radius 3 is 2.53 bits per heavy atom. The minimum Gasteiger partial charge on any atom is -0.478 e. The van der Waals surface area contributed by atoms with Crippen LogP contribution in [-0.2, 0) is 0 Å². The molecule has 0 N–H and O–H groups in total. The summed E-state index contributed by atoms with van der Waals surface area (Å²) < 4.78 is 5.71. The highest BCUT2D eigenvalue weighted by molar-refractivity contribution is 5.20. The molecule has 1 aromatic carbocycles. The van der Waals surface area contributed by atoms with Gasteiger partial charge in [0.1, 0.15) is 12.5 Å². The van der Waals surface area contributed by atoms with Crippen LogP contribution in [0.25, 0.3) is 0 Å². The van der Waals surface area contributed by atoms with E-state index in [1.807, 2.05) is 30.3 Å². The van der Waals surface area contributed by atoms with Gasteiger partial charge in [0.25, 0.3) is 0 Å². The summed E-state index contributed by atoms with van der Waals surface area (Å²) in [6.07, 6.45) is 2.61. The van der Waals surface area contributed by atoms with Gasteiger partial charge in [-0.15, -0.1) is 0 Å². The van der Waals surface area contributed by atoms with Gasteiger partial charge in [-0.05, 0) is 30.9 Å². The van der Waals surface area contributed by atoms with E-state index in [0.717, 1.165) is 18.4 Å². The van der Waals surface area contributed by atoms with Crippen molar-refractivity contribution in [1.82, 2.24) is 4.90 Å². The average Bonchev–Trinajstić information content (AvgIpc) is 2.30. The molecule has 0 spiro atoms. The third-order valence-electron chi connectivity index (χ3n) is 3.03. The summed E-state index contributed by atoms with van der Waals surface area (Å²) in [6, 6.07) is 10.0. The summed E-state index contributed by atoms with van der Waals surface area (Å²) >= 11 is 0. The van der Waals surface area contributed by atoms with Crippen LogP contribution in [0.5, 0.6) is 5.75 Å². The van der Waals surface area contributed by atoms with E-state index >= 15 is 0 Å². The molecule has 1 saturated heterocycles. The number of hydrogen-bond acceptors (Lipinski definition) is 2. The summed E-state index contributed by atoms with van der Waals surface area (Å²) in [7, 11) is 0. The minimum absolute atomic E-state index is 0.733. The number of benzene rings is 1. The van der Waals surface area contributed by atoms with E-state index in [-0.39, 0.29) is 0 Å². The maximum Gasteiger partial charge on any atom is 0.142 e. The topological polar surface area (TPSA) is 12.5 Å². The number of hydrogen-bond donors (Lipinski definition) is 0. The maximum atomic E-state index is 5.71. The molecular weight excluding hydrogens is 186 g/mol. The van der Waals surface area contributed by atoms with Crippen molar-refractivity contribution in [1.29, 1.82) is 0 Å². The van der Waals surface area contributed by atoms with E-state index in [0.29, 0.717) is 0 Å². The Labute approximate surface area is 91.9 Å². The molecule has 1 fully saturated rings. The van der Waals surface area contributed by atoms with Gasteiger partial charge in [-0.3, -0.25) is 4.90 Å². The lowest BCUT2D eigenvalue weighted by atomic mass is 10.00. The van der Waals surface area contributed by atoms with E-state index in [9.17, 15) is 0 Å². The van der Waals surface area contributed by atoms with Gasteiger partial charge in [-0.25, -0.2) is 0 Å². The van der Waals surface area contributed by atoms with E-state index in [1.54, 1.807) is 0 Å². The van der Waals surface area contributed by atoms with Crippen molar-refractivity contribution in [3.8, 4) is 5.75 Å². The fourth-order valence-corrected chi connectivity index (χ4v) is 1.87. The summed E-state index contributed by atoms with van der Waals surface area (Å²) in [6.45, 7) is 5.41. The van der Waals surface area contributed by atoms with Crippen LogP contribution in [0.4, 0.5) is 0 Å². The number of nitrogens with zero attached hydrogens (tertiary/aromatic N) is 1. The van der Waals surface area contributed by atoms with Crippen LogP contribution in [0.2, 0.25) is 0 Å². The van der Waals surface area contributed by atoms with Crippen LogP contribution in [0, 0.1) is 5.92 Å². The third-order valence-corrected chi connectivity index (χ3v) is 3.03. The van der Waals surface area contributed by atoms with Gasteiger partial charge in [0.15, 0.2) is 0 Å². The lowest BCUT2D eigenvalue weighted by molar-refractivity contribution is 0.0914. The highest BCUT2D eigenvalue weighted by Crippen LogP contribution is 2.16. The molecular formula is C13H19NO. The Kier molecular flexibility index (Phi) is 3.62. The predicted octanol–water partition coefficient (Wildman–Crippen LogP) is 2.75. The molecule has 0 atom stereocenters. The number of rotatable bonds is 3. The molecule has 0 bridgehead atoms. The molecule has 1 heterocycles. The van der Waals surface area contributed by atoms with Crippen molar-refractivity contribution in [2.45, 2.75) is 19.8 Å². The van der Waals surface area contributed by atoms with E-state index in [1.165, 1.54) is 25.9 Å². The van der Waals surface area contributed by atoms with Crippen molar-refractivity contribution in [3.63, 3.8) is 0 Å². The zero-order valence-corrected chi connectivity index (χ0v) is 9.36. The van der Waals surface area contributed by atoms with Gasteiger partial charge in [0.2, 0.25) is 0 Å². The Morgan fingerprint density at radius 1 is 1.20 bits per heavy atom. The van der Waals surface area contributed by atoms with Crippen molar-refractivity contribution in [3.05, 3.63) is 30.3 Å². The quantitative estimate of drug-likeness (QED) is 0.752. The molecule has 2 nitrogen and oxygen atoms in total. The molecule has 0 amide bonds. The number of piperidine rings is 1. The molecule has 0 unspecified atom stereocenters. The van der Waals surface area contributed by atoms with Gasteiger partial charge in [-0.2, -0.15) is 0 Å². The Bertz CT molecular complexity index is 278. The van der Waals surface area contributed by atoms with Crippen LogP contribution >= 0.6 is 0 Å². The number of para-hydroxylation sites is 1. The third kappa shape index (κ3) is 3.24. The summed E-state index contributed by atoms with van der Waals surface area (Å²) in [5.41, 5.74) is 0. The van der Waals surface area contributed by atoms with Gasteiger partial charge < -0.3 is 4.74 Å². The fourth-order valence-electron chi connectivity index (χ4n) is 1.87. The molecule has 0 radical (unpaired) electrons. The Morgan fingerprint density at radius 2 is 1.87 bits per heavy atom. The lowest BCUT2D eigenvalue weighted by Crippen LogP contribution is -2.35. The van der Waals surface area contributed by atoms with E-state index in [2.05, 4.69) is 11.8 Å². The smallest absolute Gasteiger partial charge is 0.142 e.